The molecule has 0 aliphatic carbocycles. The van der Waals surface area contributed by atoms with Crippen molar-refractivity contribution in [2.75, 3.05) is 75.6 Å². The number of alkyl halides is 2. The first-order valence-electron chi connectivity index (χ1n) is 16.8. The number of nitrogens with one attached hydrogen (secondary N) is 4. The molecule has 0 saturated carbocycles. The summed E-state index contributed by atoms with van der Waals surface area (Å²) in [7, 11) is 0. The fourth-order valence-electron chi connectivity index (χ4n) is 3.94. The van der Waals surface area contributed by atoms with E-state index in [1.54, 1.807) is 9.80 Å². The van der Waals surface area contributed by atoms with Crippen LogP contribution in [0.5, 0.6) is 0 Å². The van der Waals surface area contributed by atoms with Gasteiger partial charge in [0.1, 0.15) is 11.8 Å². The van der Waals surface area contributed by atoms with Crippen molar-refractivity contribution in [2.45, 2.75) is 79.1 Å². The molecule has 0 atom stereocenters. The van der Waals surface area contributed by atoms with E-state index in [0.717, 1.165) is 62.0 Å². The summed E-state index contributed by atoms with van der Waals surface area (Å²) in [4.78, 5) is 95.1. The molecular formula is C32H56Cl2N6O8S2. The molecule has 0 aliphatic heterocycles. The minimum Gasteiger partial charge on any atom is -0.354 e. The van der Waals surface area contributed by atoms with Crippen LogP contribution in [-0.2, 0) is 38.4 Å². The minimum atomic E-state index is -0.268. The molecule has 0 bridgehead atoms. The summed E-state index contributed by atoms with van der Waals surface area (Å²) in [6.07, 6.45) is 6.58. The Labute approximate surface area is 315 Å². The van der Waals surface area contributed by atoms with Gasteiger partial charge in [-0.05, 0) is 12.8 Å². The lowest BCUT2D eigenvalue weighted by atomic mass is 10.2. The highest BCUT2D eigenvalue weighted by molar-refractivity contribution is 8.14. The van der Waals surface area contributed by atoms with Gasteiger partial charge in [-0.2, -0.15) is 0 Å². The SMILES string of the molecule is CCCCCC(=O)N(CCNC(=O)CCl)CCNC(=O)CCl.CCCCCC(=O)N(CCNC(=O)CSC(C)=O)CCNC(=O)CSC(C)=O. The number of hydrogen-bond acceptors (Lipinski definition) is 10. The van der Waals surface area contributed by atoms with E-state index < -0.39 is 0 Å². The summed E-state index contributed by atoms with van der Waals surface area (Å²) < 4.78 is 0. The van der Waals surface area contributed by atoms with E-state index in [2.05, 4.69) is 35.1 Å². The average molecular weight is 788 g/mol. The molecule has 18 heteroatoms. The zero-order chi connectivity index (χ0) is 38.2. The fraction of sp³-hybridized carbons (Fsp3) is 0.750. The molecule has 14 nitrogen and oxygen atoms in total. The van der Waals surface area contributed by atoms with Gasteiger partial charge in [-0.1, -0.05) is 63.1 Å². The Morgan fingerprint density at radius 2 is 0.800 bits per heavy atom. The molecule has 0 unspecified atom stereocenters. The summed E-state index contributed by atoms with van der Waals surface area (Å²) in [5.74, 6) is -1.13. The van der Waals surface area contributed by atoms with Gasteiger partial charge < -0.3 is 31.1 Å². The predicted octanol–water partition coefficient (Wildman–Crippen LogP) is 2.29. The molecule has 0 rings (SSSR count). The Balaban J connectivity index is 0. The quantitative estimate of drug-likeness (QED) is 0.0748. The van der Waals surface area contributed by atoms with Gasteiger partial charge in [0.15, 0.2) is 10.2 Å². The second-order valence-electron chi connectivity index (χ2n) is 10.9. The van der Waals surface area contributed by atoms with Crippen molar-refractivity contribution in [1.82, 2.24) is 31.1 Å². The van der Waals surface area contributed by atoms with Gasteiger partial charge in [-0.3, -0.25) is 38.4 Å². The number of carbonyl (C=O) groups excluding carboxylic acids is 8. The smallest absolute Gasteiger partial charge is 0.234 e. The topological polar surface area (TPSA) is 191 Å². The average Bonchev–Trinajstić information content (AvgIpc) is 3.08. The van der Waals surface area contributed by atoms with Crippen LogP contribution in [0.4, 0.5) is 0 Å². The molecule has 0 aromatic rings. The maximum atomic E-state index is 12.4. The van der Waals surface area contributed by atoms with Crippen LogP contribution in [0.1, 0.15) is 79.1 Å². The van der Waals surface area contributed by atoms with Crippen LogP contribution in [0.15, 0.2) is 0 Å². The van der Waals surface area contributed by atoms with Crippen LogP contribution in [0.3, 0.4) is 0 Å². The number of thioether (sulfide) groups is 2. The molecule has 0 spiro atoms. The number of halogens is 2. The highest BCUT2D eigenvalue weighted by atomic mass is 35.5. The monoisotopic (exact) mass is 786 g/mol. The standard InChI is InChI=1S/C18H31N3O5S2.C14H25Cl2N3O3/c1-4-5-6-7-18(26)21(10-8-19-16(24)12-27-14(2)22)11-9-20-17(25)13-28-15(3)23;1-2-3-4-5-14(22)19(8-6-17-12(20)10-15)9-7-18-13(21)11-16/h4-13H2,1-3H3,(H,19,24)(H,20,25);2-11H2,1H3,(H,17,20)(H,18,21). The number of unbranched alkanes of at least 4 members (excludes halogenated alkanes) is 4. The predicted molar refractivity (Wildman–Crippen MR) is 201 cm³/mol. The van der Waals surface area contributed by atoms with Crippen LogP contribution in [0, 0.1) is 0 Å². The molecule has 0 aliphatic rings. The third-order valence-corrected chi connectivity index (χ3v) is 8.68. The summed E-state index contributed by atoms with van der Waals surface area (Å²) in [6, 6.07) is 0. The lowest BCUT2D eigenvalue weighted by Crippen LogP contribution is -2.43. The molecule has 0 heterocycles. The number of rotatable bonds is 26. The molecule has 0 saturated heterocycles. The van der Waals surface area contributed by atoms with Gasteiger partial charge in [-0.15, -0.1) is 23.2 Å². The highest BCUT2D eigenvalue weighted by Gasteiger charge is 2.15. The second-order valence-corrected chi connectivity index (χ2v) is 13.7. The number of carbonyl (C=O) groups is 8. The van der Waals surface area contributed by atoms with Gasteiger partial charge in [0, 0.05) is 79.0 Å². The van der Waals surface area contributed by atoms with Crippen molar-refractivity contribution >= 4 is 92.4 Å². The third-order valence-electron chi connectivity index (χ3n) is 6.57. The van der Waals surface area contributed by atoms with E-state index in [1.807, 2.05) is 0 Å². The molecule has 50 heavy (non-hydrogen) atoms. The van der Waals surface area contributed by atoms with Crippen LogP contribution in [-0.4, -0.2) is 131 Å². The molecular weight excluding hydrogens is 731 g/mol. The van der Waals surface area contributed by atoms with E-state index in [1.165, 1.54) is 13.8 Å². The molecule has 0 fully saturated rings. The molecule has 0 radical (unpaired) electrons. The van der Waals surface area contributed by atoms with E-state index in [4.69, 9.17) is 23.2 Å². The molecule has 0 aromatic heterocycles. The van der Waals surface area contributed by atoms with E-state index in [0.29, 0.717) is 52.1 Å². The Kier molecular flexibility index (Phi) is 33.3. The van der Waals surface area contributed by atoms with Gasteiger partial charge >= 0.3 is 0 Å². The third kappa shape index (κ3) is 31.4. The first kappa shape index (κ1) is 49.6. The van der Waals surface area contributed by atoms with Crippen molar-refractivity contribution in [3.63, 3.8) is 0 Å². The minimum absolute atomic E-state index is 0.0202. The molecule has 0 aromatic carbocycles. The zero-order valence-electron chi connectivity index (χ0n) is 29.9. The van der Waals surface area contributed by atoms with Crippen LogP contribution < -0.4 is 21.3 Å². The fourth-order valence-corrected chi connectivity index (χ4v) is 5.00. The summed E-state index contributed by atoms with van der Waals surface area (Å²) in [6.45, 7) is 9.64. The van der Waals surface area contributed by atoms with E-state index in [9.17, 15) is 38.4 Å². The largest absolute Gasteiger partial charge is 0.354 e. The lowest BCUT2D eigenvalue weighted by Gasteiger charge is -2.23. The van der Waals surface area contributed by atoms with Crippen molar-refractivity contribution in [3.05, 3.63) is 0 Å². The van der Waals surface area contributed by atoms with Gasteiger partial charge in [0.25, 0.3) is 0 Å². The number of nitrogens with zero attached hydrogens (tertiary/aromatic N) is 2. The van der Waals surface area contributed by atoms with Crippen molar-refractivity contribution < 1.29 is 38.4 Å². The van der Waals surface area contributed by atoms with Crippen molar-refractivity contribution in [2.24, 2.45) is 0 Å². The molecule has 4 N–H and O–H groups in total. The van der Waals surface area contributed by atoms with Crippen LogP contribution >= 0.6 is 46.7 Å². The Hall–Kier alpha value is -2.56. The van der Waals surface area contributed by atoms with Gasteiger partial charge in [0.2, 0.25) is 35.4 Å². The second kappa shape index (κ2) is 33.6. The maximum Gasteiger partial charge on any atom is 0.234 e. The zero-order valence-corrected chi connectivity index (χ0v) is 33.0. The van der Waals surface area contributed by atoms with Crippen molar-refractivity contribution in [1.29, 1.82) is 0 Å². The normalized spacial score (nSPS) is 10.2. The Bertz CT molecular complexity index is 1000. The lowest BCUT2D eigenvalue weighted by molar-refractivity contribution is -0.132. The Morgan fingerprint density at radius 1 is 0.500 bits per heavy atom. The number of amides is 6. The van der Waals surface area contributed by atoms with Crippen LogP contribution in [0.25, 0.3) is 0 Å². The maximum absolute atomic E-state index is 12.4. The van der Waals surface area contributed by atoms with E-state index >= 15 is 0 Å². The van der Waals surface area contributed by atoms with E-state index in [-0.39, 0.29) is 82.0 Å². The highest BCUT2D eigenvalue weighted by Crippen LogP contribution is 2.05. The van der Waals surface area contributed by atoms with Gasteiger partial charge in [-0.25, -0.2) is 0 Å². The van der Waals surface area contributed by atoms with Gasteiger partial charge in [0.05, 0.1) is 11.5 Å². The van der Waals surface area contributed by atoms with Crippen molar-refractivity contribution in [3.8, 4) is 0 Å². The first-order chi connectivity index (χ1) is 23.8. The molecule has 288 valence electrons. The number of hydrogen-bond donors (Lipinski definition) is 4. The summed E-state index contributed by atoms with van der Waals surface area (Å²) in [5, 5.41) is 10.4. The summed E-state index contributed by atoms with van der Waals surface area (Å²) in [5.41, 5.74) is 0. The molecule has 6 amide bonds. The summed E-state index contributed by atoms with van der Waals surface area (Å²) >= 11 is 12.7. The first-order valence-corrected chi connectivity index (χ1v) is 19.9. The Morgan fingerprint density at radius 3 is 1.06 bits per heavy atom. The van der Waals surface area contributed by atoms with Crippen LogP contribution in [0.2, 0.25) is 0 Å².